The Morgan fingerprint density at radius 2 is 2.26 bits per heavy atom. The number of halogens is 1. The first-order valence-electron chi connectivity index (χ1n) is 8.76. The van der Waals surface area contributed by atoms with Crippen LogP contribution in [0.5, 0.6) is 0 Å². The monoisotopic (exact) mass is 370 g/mol. The molecular weight excluding hydrogens is 351 g/mol. The Bertz CT molecular complexity index is 925. The van der Waals surface area contributed by atoms with Crippen molar-refractivity contribution in [3.8, 4) is 11.3 Å². The van der Waals surface area contributed by atoms with Crippen LogP contribution in [-0.4, -0.2) is 37.9 Å². The molecule has 27 heavy (non-hydrogen) atoms. The molecule has 1 saturated carbocycles. The third-order valence-corrected chi connectivity index (χ3v) is 4.82. The molecular formula is C19H19FN4O3. The number of oxazole rings is 1. The van der Waals surface area contributed by atoms with E-state index in [1.54, 1.807) is 12.3 Å². The zero-order chi connectivity index (χ0) is 18.8. The van der Waals surface area contributed by atoms with Crippen molar-refractivity contribution in [2.24, 2.45) is 5.92 Å². The average molecular weight is 370 g/mol. The summed E-state index contributed by atoms with van der Waals surface area (Å²) in [7, 11) is 0. The molecule has 1 aromatic carbocycles. The first-order chi connectivity index (χ1) is 13.1. The largest absolute Gasteiger partial charge is 0.443 e. The van der Waals surface area contributed by atoms with Gasteiger partial charge in [0, 0.05) is 24.5 Å². The Morgan fingerprint density at radius 1 is 1.37 bits per heavy atom. The Hall–Kier alpha value is -3.00. The summed E-state index contributed by atoms with van der Waals surface area (Å²) in [5.41, 5.74) is 0.504. The van der Waals surface area contributed by atoms with Crippen molar-refractivity contribution >= 4 is 5.91 Å². The van der Waals surface area contributed by atoms with Crippen LogP contribution in [0.1, 0.15) is 23.3 Å². The lowest BCUT2D eigenvalue weighted by Crippen LogP contribution is -2.40. The fourth-order valence-electron chi connectivity index (χ4n) is 3.57. The van der Waals surface area contributed by atoms with Gasteiger partial charge in [-0.05, 0) is 37.0 Å². The van der Waals surface area contributed by atoms with E-state index in [0.29, 0.717) is 24.9 Å². The van der Waals surface area contributed by atoms with Crippen molar-refractivity contribution < 1.29 is 18.7 Å². The molecule has 2 aromatic heterocycles. The van der Waals surface area contributed by atoms with E-state index in [-0.39, 0.29) is 23.4 Å². The number of nitrogens with zero attached hydrogens (tertiary/aromatic N) is 3. The van der Waals surface area contributed by atoms with Crippen molar-refractivity contribution in [2.75, 3.05) is 0 Å². The summed E-state index contributed by atoms with van der Waals surface area (Å²) >= 11 is 0. The maximum Gasteiger partial charge on any atom is 0.274 e. The Kier molecular flexibility index (Phi) is 4.72. The molecule has 0 radical (unpaired) electrons. The molecule has 1 unspecified atom stereocenters. The van der Waals surface area contributed by atoms with Gasteiger partial charge in [-0.25, -0.2) is 9.37 Å². The number of nitrogens with one attached hydrogen (secondary N) is 1. The third-order valence-electron chi connectivity index (χ3n) is 4.82. The van der Waals surface area contributed by atoms with E-state index in [2.05, 4.69) is 15.4 Å². The van der Waals surface area contributed by atoms with E-state index in [0.717, 1.165) is 6.39 Å². The molecule has 3 atom stereocenters. The van der Waals surface area contributed by atoms with Crippen molar-refractivity contribution in [2.45, 2.75) is 31.5 Å². The molecule has 0 saturated heterocycles. The van der Waals surface area contributed by atoms with E-state index in [4.69, 9.17) is 4.42 Å². The molecule has 1 aliphatic rings. The fraction of sp³-hybridized carbons (Fsp3) is 0.316. The molecule has 0 spiro atoms. The SMILES string of the molecule is O=C(N[C@@H]1CC(Cn2cccn2)C[C@H]1O)c1ncoc1-c1cccc(F)c1. The molecule has 2 N–H and O–H groups in total. The van der Waals surface area contributed by atoms with E-state index in [1.807, 2.05) is 16.9 Å². The van der Waals surface area contributed by atoms with Gasteiger partial charge in [0.2, 0.25) is 0 Å². The summed E-state index contributed by atoms with van der Waals surface area (Å²) < 4.78 is 20.6. The molecule has 140 valence electrons. The van der Waals surface area contributed by atoms with E-state index < -0.39 is 17.8 Å². The minimum atomic E-state index is -0.640. The topological polar surface area (TPSA) is 93.2 Å². The second-order valence-corrected chi connectivity index (χ2v) is 6.75. The van der Waals surface area contributed by atoms with Gasteiger partial charge in [-0.2, -0.15) is 5.10 Å². The highest BCUT2D eigenvalue weighted by Gasteiger charge is 2.35. The summed E-state index contributed by atoms with van der Waals surface area (Å²) in [6, 6.07) is 7.25. The van der Waals surface area contributed by atoms with Crippen LogP contribution in [0.4, 0.5) is 4.39 Å². The maximum absolute atomic E-state index is 13.5. The summed E-state index contributed by atoms with van der Waals surface area (Å²) in [5, 5.41) is 17.3. The number of hydrogen-bond acceptors (Lipinski definition) is 5. The van der Waals surface area contributed by atoms with Crippen LogP contribution in [0.2, 0.25) is 0 Å². The lowest BCUT2D eigenvalue weighted by Gasteiger charge is -2.16. The zero-order valence-electron chi connectivity index (χ0n) is 14.5. The summed E-state index contributed by atoms with van der Waals surface area (Å²) in [6.45, 7) is 0.689. The van der Waals surface area contributed by atoms with Crippen LogP contribution in [0.25, 0.3) is 11.3 Å². The minimum absolute atomic E-state index is 0.0725. The lowest BCUT2D eigenvalue weighted by atomic mass is 10.1. The standard InChI is InChI=1S/C19H19FN4O3/c20-14-4-1-3-13(9-14)18-17(21-11-27-18)19(26)23-15-7-12(8-16(15)25)10-24-6-2-5-22-24/h1-6,9,11-12,15-16,25H,7-8,10H2,(H,23,26)/t12?,15-,16-/m1/s1. The zero-order valence-corrected chi connectivity index (χ0v) is 14.5. The molecule has 1 amide bonds. The molecule has 0 bridgehead atoms. The maximum atomic E-state index is 13.5. The molecule has 3 aromatic rings. The summed E-state index contributed by atoms with van der Waals surface area (Å²) in [5.74, 6) is -0.465. The van der Waals surface area contributed by atoms with Gasteiger partial charge in [0.1, 0.15) is 5.82 Å². The van der Waals surface area contributed by atoms with Crippen molar-refractivity contribution in [1.29, 1.82) is 0 Å². The molecule has 1 fully saturated rings. The van der Waals surface area contributed by atoms with E-state index >= 15 is 0 Å². The van der Waals surface area contributed by atoms with Crippen LogP contribution in [0.15, 0.2) is 53.5 Å². The number of amides is 1. The van der Waals surface area contributed by atoms with Crippen molar-refractivity contribution in [1.82, 2.24) is 20.1 Å². The van der Waals surface area contributed by atoms with Gasteiger partial charge in [0.15, 0.2) is 17.8 Å². The number of aliphatic hydroxyl groups excluding tert-OH is 1. The second kappa shape index (κ2) is 7.32. The lowest BCUT2D eigenvalue weighted by molar-refractivity contribution is 0.0868. The highest BCUT2D eigenvalue weighted by atomic mass is 19.1. The van der Waals surface area contributed by atoms with Gasteiger partial charge in [0.25, 0.3) is 5.91 Å². The van der Waals surface area contributed by atoms with E-state index in [1.165, 1.54) is 18.2 Å². The molecule has 2 heterocycles. The normalized spacial score (nSPS) is 22.1. The number of carbonyl (C=O) groups is 1. The predicted molar refractivity (Wildman–Crippen MR) is 94.1 cm³/mol. The number of hydrogen-bond donors (Lipinski definition) is 2. The number of rotatable bonds is 5. The van der Waals surface area contributed by atoms with E-state index in [9.17, 15) is 14.3 Å². The summed E-state index contributed by atoms with van der Waals surface area (Å²) in [6.07, 6.45) is 5.32. The van der Waals surface area contributed by atoms with Crippen LogP contribution >= 0.6 is 0 Å². The molecule has 1 aliphatic carbocycles. The Morgan fingerprint density at radius 3 is 3.04 bits per heavy atom. The summed E-state index contributed by atoms with van der Waals surface area (Å²) in [4.78, 5) is 16.6. The van der Waals surface area contributed by atoms with Crippen LogP contribution in [0.3, 0.4) is 0 Å². The molecule has 7 nitrogen and oxygen atoms in total. The van der Waals surface area contributed by atoms with Crippen LogP contribution < -0.4 is 5.32 Å². The number of aliphatic hydroxyl groups is 1. The average Bonchev–Trinajstić information content (AvgIpc) is 3.37. The number of aromatic nitrogens is 3. The first-order valence-corrected chi connectivity index (χ1v) is 8.76. The Balaban J connectivity index is 1.45. The third kappa shape index (κ3) is 3.75. The number of benzene rings is 1. The fourth-order valence-corrected chi connectivity index (χ4v) is 3.57. The van der Waals surface area contributed by atoms with Gasteiger partial charge < -0.3 is 14.8 Å². The second-order valence-electron chi connectivity index (χ2n) is 6.75. The molecule has 0 aliphatic heterocycles. The highest BCUT2D eigenvalue weighted by molar-refractivity contribution is 5.97. The highest BCUT2D eigenvalue weighted by Crippen LogP contribution is 2.29. The Labute approximate surface area is 154 Å². The predicted octanol–water partition coefficient (Wildman–Crippen LogP) is 2.25. The van der Waals surface area contributed by atoms with Gasteiger partial charge in [0.05, 0.1) is 12.1 Å². The minimum Gasteiger partial charge on any atom is -0.443 e. The smallest absolute Gasteiger partial charge is 0.274 e. The van der Waals surface area contributed by atoms with Gasteiger partial charge in [-0.3, -0.25) is 9.48 Å². The quantitative estimate of drug-likeness (QED) is 0.719. The number of carbonyl (C=O) groups excluding carboxylic acids is 1. The van der Waals surface area contributed by atoms with Crippen molar-refractivity contribution in [3.05, 3.63) is 60.6 Å². The molecule has 4 rings (SSSR count). The van der Waals surface area contributed by atoms with Crippen molar-refractivity contribution in [3.63, 3.8) is 0 Å². The first kappa shape index (κ1) is 17.4. The van der Waals surface area contributed by atoms with Crippen LogP contribution in [-0.2, 0) is 6.54 Å². The van der Waals surface area contributed by atoms with Gasteiger partial charge in [-0.1, -0.05) is 12.1 Å². The molecule has 8 heteroatoms. The van der Waals surface area contributed by atoms with Crippen LogP contribution in [0, 0.1) is 11.7 Å². The van der Waals surface area contributed by atoms with Gasteiger partial charge in [-0.15, -0.1) is 0 Å². The van der Waals surface area contributed by atoms with Gasteiger partial charge >= 0.3 is 0 Å².